The lowest BCUT2D eigenvalue weighted by Gasteiger charge is -2.22. The standard InChI is InChI=1S/C18H26FN3O3/c1-11(2)15(18(25)21-10-9-20-16(23)12(3)4)22-17(24)13-5-7-14(19)8-6-13/h5-8,11-12,15H,9-10H2,1-4H3,(H,20,23)(H,21,25)(H,22,24). The van der Waals surface area contributed by atoms with Gasteiger partial charge in [-0.25, -0.2) is 4.39 Å². The molecule has 138 valence electrons. The molecule has 0 aliphatic rings. The van der Waals surface area contributed by atoms with Gasteiger partial charge >= 0.3 is 0 Å². The summed E-state index contributed by atoms with van der Waals surface area (Å²) in [4.78, 5) is 35.9. The summed E-state index contributed by atoms with van der Waals surface area (Å²) in [5, 5.41) is 8.06. The van der Waals surface area contributed by atoms with Crippen molar-refractivity contribution in [2.75, 3.05) is 13.1 Å². The van der Waals surface area contributed by atoms with E-state index < -0.39 is 17.8 Å². The predicted molar refractivity (Wildman–Crippen MR) is 93.3 cm³/mol. The molecule has 1 unspecified atom stereocenters. The molecule has 0 bridgehead atoms. The fourth-order valence-corrected chi connectivity index (χ4v) is 2.05. The van der Waals surface area contributed by atoms with E-state index in [0.29, 0.717) is 6.54 Å². The summed E-state index contributed by atoms with van der Waals surface area (Å²) in [6.07, 6.45) is 0. The molecule has 0 saturated heterocycles. The van der Waals surface area contributed by atoms with E-state index in [4.69, 9.17) is 0 Å². The van der Waals surface area contributed by atoms with Gasteiger partial charge in [-0.3, -0.25) is 14.4 Å². The van der Waals surface area contributed by atoms with E-state index in [1.807, 2.05) is 13.8 Å². The van der Waals surface area contributed by atoms with Crippen LogP contribution >= 0.6 is 0 Å². The molecular formula is C18H26FN3O3. The van der Waals surface area contributed by atoms with Crippen LogP contribution in [-0.4, -0.2) is 36.9 Å². The number of amides is 3. The zero-order valence-corrected chi connectivity index (χ0v) is 15.1. The lowest BCUT2D eigenvalue weighted by Crippen LogP contribution is -2.51. The first-order valence-corrected chi connectivity index (χ1v) is 8.34. The quantitative estimate of drug-likeness (QED) is 0.620. The molecular weight excluding hydrogens is 325 g/mol. The second kappa shape index (κ2) is 9.76. The summed E-state index contributed by atoms with van der Waals surface area (Å²) in [5.41, 5.74) is 0.282. The molecule has 0 aromatic heterocycles. The van der Waals surface area contributed by atoms with Gasteiger partial charge in [0.2, 0.25) is 11.8 Å². The maximum atomic E-state index is 12.9. The fraction of sp³-hybridized carbons (Fsp3) is 0.500. The van der Waals surface area contributed by atoms with Gasteiger partial charge in [-0.1, -0.05) is 27.7 Å². The van der Waals surface area contributed by atoms with Crippen LogP contribution in [0, 0.1) is 17.7 Å². The first-order valence-electron chi connectivity index (χ1n) is 8.34. The van der Waals surface area contributed by atoms with Gasteiger partial charge < -0.3 is 16.0 Å². The molecule has 0 aliphatic heterocycles. The normalized spacial score (nSPS) is 12.0. The Kier molecular flexibility index (Phi) is 8.04. The van der Waals surface area contributed by atoms with Crippen molar-refractivity contribution < 1.29 is 18.8 Å². The molecule has 0 fully saturated rings. The summed E-state index contributed by atoms with van der Waals surface area (Å²) in [6, 6.07) is 4.38. The molecule has 0 saturated carbocycles. The van der Waals surface area contributed by atoms with Gasteiger partial charge in [0.1, 0.15) is 11.9 Å². The Hall–Kier alpha value is -2.44. The minimum atomic E-state index is -0.724. The smallest absolute Gasteiger partial charge is 0.251 e. The van der Waals surface area contributed by atoms with Crippen molar-refractivity contribution in [3.8, 4) is 0 Å². The molecule has 0 aliphatic carbocycles. The zero-order valence-electron chi connectivity index (χ0n) is 15.1. The van der Waals surface area contributed by atoms with E-state index >= 15 is 0 Å². The molecule has 3 N–H and O–H groups in total. The van der Waals surface area contributed by atoms with Crippen molar-refractivity contribution in [3.05, 3.63) is 35.6 Å². The first-order chi connectivity index (χ1) is 11.7. The highest BCUT2D eigenvalue weighted by Gasteiger charge is 2.24. The van der Waals surface area contributed by atoms with Gasteiger partial charge in [0.15, 0.2) is 0 Å². The van der Waals surface area contributed by atoms with Crippen LogP contribution in [0.3, 0.4) is 0 Å². The van der Waals surface area contributed by atoms with Crippen LogP contribution in [0.5, 0.6) is 0 Å². The zero-order chi connectivity index (χ0) is 19.0. The number of carbonyl (C=O) groups is 3. The van der Waals surface area contributed by atoms with Crippen LogP contribution in [0.15, 0.2) is 24.3 Å². The van der Waals surface area contributed by atoms with Gasteiger partial charge in [-0.2, -0.15) is 0 Å². The molecule has 7 heteroatoms. The Labute approximate surface area is 147 Å². The molecule has 3 amide bonds. The van der Waals surface area contributed by atoms with E-state index in [0.717, 1.165) is 0 Å². The van der Waals surface area contributed by atoms with Crippen molar-refractivity contribution in [2.24, 2.45) is 11.8 Å². The third-order valence-electron chi connectivity index (χ3n) is 3.59. The van der Waals surface area contributed by atoms with Gasteiger partial charge in [-0.05, 0) is 30.2 Å². The molecule has 6 nitrogen and oxygen atoms in total. The van der Waals surface area contributed by atoms with Crippen molar-refractivity contribution in [1.29, 1.82) is 0 Å². The third kappa shape index (κ3) is 6.91. The molecule has 0 radical (unpaired) electrons. The number of hydrogen-bond acceptors (Lipinski definition) is 3. The van der Waals surface area contributed by atoms with Crippen LogP contribution in [0.4, 0.5) is 4.39 Å². The van der Waals surface area contributed by atoms with E-state index in [1.165, 1.54) is 24.3 Å². The first kappa shape index (κ1) is 20.6. The molecule has 1 aromatic rings. The highest BCUT2D eigenvalue weighted by Crippen LogP contribution is 2.06. The molecule has 25 heavy (non-hydrogen) atoms. The number of halogens is 1. The average Bonchev–Trinajstić information content (AvgIpc) is 2.56. The van der Waals surface area contributed by atoms with Gasteiger partial charge in [0.05, 0.1) is 0 Å². The Morgan fingerprint density at radius 1 is 0.920 bits per heavy atom. The summed E-state index contributed by atoms with van der Waals surface area (Å²) < 4.78 is 12.9. The van der Waals surface area contributed by atoms with Crippen molar-refractivity contribution >= 4 is 17.7 Å². The number of carbonyl (C=O) groups excluding carboxylic acids is 3. The van der Waals surface area contributed by atoms with E-state index in [2.05, 4.69) is 16.0 Å². The number of rotatable bonds is 8. The Balaban J connectivity index is 2.55. The largest absolute Gasteiger partial charge is 0.354 e. The second-order valence-electron chi connectivity index (χ2n) is 6.44. The Morgan fingerprint density at radius 2 is 1.44 bits per heavy atom. The number of hydrogen-bond donors (Lipinski definition) is 3. The minimum absolute atomic E-state index is 0.0840. The van der Waals surface area contributed by atoms with Crippen LogP contribution in [-0.2, 0) is 9.59 Å². The summed E-state index contributed by atoms with van der Waals surface area (Å²) in [7, 11) is 0. The second-order valence-corrected chi connectivity index (χ2v) is 6.44. The summed E-state index contributed by atoms with van der Waals surface area (Å²) >= 11 is 0. The van der Waals surface area contributed by atoms with Gasteiger partial charge in [0.25, 0.3) is 5.91 Å². The van der Waals surface area contributed by atoms with Crippen LogP contribution < -0.4 is 16.0 Å². The number of nitrogens with one attached hydrogen (secondary N) is 3. The van der Waals surface area contributed by atoms with Gasteiger partial charge in [0, 0.05) is 24.6 Å². The average molecular weight is 351 g/mol. The maximum Gasteiger partial charge on any atom is 0.251 e. The maximum absolute atomic E-state index is 12.9. The van der Waals surface area contributed by atoms with Crippen molar-refractivity contribution in [2.45, 2.75) is 33.7 Å². The topological polar surface area (TPSA) is 87.3 Å². The van der Waals surface area contributed by atoms with Crippen molar-refractivity contribution in [3.63, 3.8) is 0 Å². The van der Waals surface area contributed by atoms with Crippen LogP contribution in [0.2, 0.25) is 0 Å². The van der Waals surface area contributed by atoms with E-state index in [-0.39, 0.29) is 35.8 Å². The molecule has 1 atom stereocenters. The van der Waals surface area contributed by atoms with Gasteiger partial charge in [-0.15, -0.1) is 0 Å². The third-order valence-corrected chi connectivity index (χ3v) is 3.59. The molecule has 1 rings (SSSR count). The fourth-order valence-electron chi connectivity index (χ4n) is 2.05. The molecule has 0 spiro atoms. The summed E-state index contributed by atoms with van der Waals surface area (Å²) in [5.74, 6) is -1.53. The van der Waals surface area contributed by atoms with E-state index in [1.54, 1.807) is 13.8 Å². The lowest BCUT2D eigenvalue weighted by atomic mass is 10.0. The van der Waals surface area contributed by atoms with Crippen LogP contribution in [0.1, 0.15) is 38.1 Å². The van der Waals surface area contributed by atoms with Crippen molar-refractivity contribution in [1.82, 2.24) is 16.0 Å². The minimum Gasteiger partial charge on any atom is -0.354 e. The Morgan fingerprint density at radius 3 is 1.92 bits per heavy atom. The number of benzene rings is 1. The highest BCUT2D eigenvalue weighted by molar-refractivity contribution is 5.97. The predicted octanol–water partition coefficient (Wildman–Crippen LogP) is 1.47. The molecule has 0 heterocycles. The Bertz CT molecular complexity index is 600. The summed E-state index contributed by atoms with van der Waals surface area (Å²) in [6.45, 7) is 7.79. The van der Waals surface area contributed by atoms with Crippen LogP contribution in [0.25, 0.3) is 0 Å². The molecule has 1 aromatic carbocycles. The monoisotopic (exact) mass is 351 g/mol. The SMILES string of the molecule is CC(C)C(=O)NCCNC(=O)C(NC(=O)c1ccc(F)cc1)C(C)C. The lowest BCUT2D eigenvalue weighted by molar-refractivity contribution is -0.125. The highest BCUT2D eigenvalue weighted by atomic mass is 19.1. The van der Waals surface area contributed by atoms with E-state index in [9.17, 15) is 18.8 Å².